The summed E-state index contributed by atoms with van der Waals surface area (Å²) in [5.74, 6) is -1.13. The molecule has 33 heteroatoms. The van der Waals surface area contributed by atoms with E-state index >= 15 is 0 Å². The molecule has 3 aliphatic heterocycles. The Kier molecular flexibility index (Phi) is 40.5. The number of fused-ring (bicyclic) bond motifs is 3. The van der Waals surface area contributed by atoms with Crippen LogP contribution < -0.4 is 40.8 Å². The first-order chi connectivity index (χ1) is 47.4. The van der Waals surface area contributed by atoms with Crippen LogP contribution in [0.2, 0.25) is 0 Å². The first-order valence-electron chi connectivity index (χ1n) is 32.7. The van der Waals surface area contributed by atoms with Crippen molar-refractivity contribution in [2.24, 2.45) is 0 Å². The monoisotopic (exact) mass is 1720 g/mol. The number of phenolic OH excluding ortho intramolecular Hbond substituents is 2. The molecule has 10 rings (SSSR count). The van der Waals surface area contributed by atoms with Crippen LogP contribution in [0.1, 0.15) is 183 Å². The number of allylic oxidation sites excluding steroid dienone is 4. The molecular formula is C74H102Cl2N10O19Pd2-2. The maximum atomic E-state index is 11.6. The fourth-order valence-electron chi connectivity index (χ4n) is 9.57. The Bertz CT molecular complexity index is 3960. The summed E-state index contributed by atoms with van der Waals surface area (Å²) in [6.07, 6.45) is 20.0. The van der Waals surface area contributed by atoms with Crippen LogP contribution in [0, 0.1) is 65.4 Å². The number of nitro groups is 5. The third-order valence-corrected chi connectivity index (χ3v) is 16.4. The SMILES string of the molecule is C1=CCCCC1.C1=CCCCC1.CC(C)(C)c1cc(N)c(O)c([N+](=O)[O-])c1.CC(C)(C)c1cc([N+](=O)[O-])c(O)c([N+](=O)[O-])c1.CC(C)(C)c1cc2c(c([N+](=O)[O-])c1)OCC(=O)N2.CN1C(=O)COc2c(N)cc(C(C)(C)C)cc21.CN1C(=O)COc2c1cc(C(C)(C)C)cc2[N+](=O)[O-].O=C(Cl)CCl.[CH3-].[CH3-].[Pd].[Pd]. The van der Waals surface area contributed by atoms with Crippen LogP contribution in [0.4, 0.5) is 56.9 Å². The number of hydrogen-bond acceptors (Lipinski definition) is 21. The van der Waals surface area contributed by atoms with E-state index in [0.717, 1.165) is 40.1 Å². The number of amides is 3. The normalized spacial score (nSPS) is 13.7. The number of nitrogens with one attached hydrogen (secondary N) is 1. The minimum atomic E-state index is -0.909. The molecule has 0 aromatic heterocycles. The zero-order valence-electron chi connectivity index (χ0n) is 64.1. The van der Waals surface area contributed by atoms with Gasteiger partial charge in [-0.25, -0.2) is 0 Å². The van der Waals surface area contributed by atoms with Crippen molar-refractivity contribution in [3.63, 3.8) is 0 Å². The van der Waals surface area contributed by atoms with E-state index in [1.165, 1.54) is 74.5 Å². The summed E-state index contributed by atoms with van der Waals surface area (Å²) in [6.45, 7) is 28.8. The number of carbonyl (C=O) groups is 4. The molecule has 0 radical (unpaired) electrons. The Morgan fingerprint density at radius 2 is 0.729 bits per heavy atom. The third kappa shape index (κ3) is 30.4. The number of phenols is 2. The summed E-state index contributed by atoms with van der Waals surface area (Å²) < 4.78 is 15.8. The zero-order chi connectivity index (χ0) is 78.6. The van der Waals surface area contributed by atoms with Crippen molar-refractivity contribution in [3.05, 3.63) is 178 Å². The van der Waals surface area contributed by atoms with Gasteiger partial charge in [-0.1, -0.05) is 128 Å². The molecule has 29 nitrogen and oxygen atoms in total. The molecule has 0 atom stereocenters. The molecule has 5 aromatic rings. The number of likely N-dealkylation sites (N-methyl/N-ethyl adjacent to an activating group) is 2. The third-order valence-electron chi connectivity index (χ3n) is 15.9. The predicted molar refractivity (Wildman–Crippen MR) is 413 cm³/mol. The quantitative estimate of drug-likeness (QED) is 0.0121. The van der Waals surface area contributed by atoms with Gasteiger partial charge in [0.25, 0.3) is 23.5 Å². The maximum absolute atomic E-state index is 11.6. The topological polar surface area (TPSA) is 423 Å². The van der Waals surface area contributed by atoms with Crippen molar-refractivity contribution in [1.82, 2.24) is 0 Å². The number of anilines is 5. The van der Waals surface area contributed by atoms with Crippen LogP contribution in [0.25, 0.3) is 0 Å². The molecule has 5 aromatic carbocycles. The Morgan fingerprint density at radius 1 is 0.458 bits per heavy atom. The van der Waals surface area contributed by atoms with Gasteiger partial charge in [0, 0.05) is 85.3 Å². The number of nitro benzene ring substituents is 5. The molecule has 2 aliphatic carbocycles. The Balaban J connectivity index is 0. The number of halogens is 2. The second-order valence-electron chi connectivity index (χ2n) is 29.3. The number of aromatic hydroxyl groups is 2. The molecule has 107 heavy (non-hydrogen) atoms. The van der Waals surface area contributed by atoms with E-state index in [2.05, 4.69) is 50.4 Å². The van der Waals surface area contributed by atoms with Gasteiger partial charge in [0.2, 0.25) is 22.5 Å². The van der Waals surface area contributed by atoms with E-state index in [9.17, 15) is 80.0 Å². The van der Waals surface area contributed by atoms with Gasteiger partial charge in [-0.3, -0.25) is 69.7 Å². The number of carbonyl (C=O) groups excluding carboxylic acids is 4. The molecule has 0 saturated heterocycles. The predicted octanol–water partition coefficient (Wildman–Crippen LogP) is 17.2. The van der Waals surface area contributed by atoms with Crippen molar-refractivity contribution in [2.75, 3.05) is 66.4 Å². The van der Waals surface area contributed by atoms with E-state index in [0.29, 0.717) is 28.4 Å². The molecule has 3 heterocycles. The van der Waals surface area contributed by atoms with E-state index in [4.69, 9.17) is 48.9 Å². The number of benzene rings is 5. The van der Waals surface area contributed by atoms with Gasteiger partial charge in [0.05, 0.1) is 58.9 Å². The fraction of sp³-hybridized carbons (Fsp3) is 0.459. The fourth-order valence-corrected chi connectivity index (χ4v) is 9.57. The van der Waals surface area contributed by atoms with E-state index < -0.39 is 58.1 Å². The summed E-state index contributed by atoms with van der Waals surface area (Å²) in [6, 6.07) is 15.6. The molecule has 5 aliphatic rings. The number of nitrogen functional groups attached to an aromatic ring is 2. The molecule has 0 bridgehead atoms. The van der Waals surface area contributed by atoms with E-state index in [1.807, 2.05) is 74.4 Å². The van der Waals surface area contributed by atoms with Gasteiger partial charge in [0.1, 0.15) is 0 Å². The van der Waals surface area contributed by atoms with Crippen LogP contribution in [-0.2, 0) is 87.1 Å². The van der Waals surface area contributed by atoms with Crippen LogP contribution in [0.3, 0.4) is 0 Å². The minimum absolute atomic E-state index is 0. The molecule has 0 saturated carbocycles. The first-order valence-corrected chi connectivity index (χ1v) is 33.7. The molecule has 3 amide bonds. The zero-order valence-corrected chi connectivity index (χ0v) is 68.7. The number of alkyl halides is 1. The van der Waals surface area contributed by atoms with Gasteiger partial charge >= 0.3 is 28.4 Å². The second-order valence-corrected chi connectivity index (χ2v) is 30.0. The van der Waals surface area contributed by atoms with Crippen molar-refractivity contribution in [1.29, 1.82) is 0 Å². The standard InChI is InChI=1S/C13H16N2O4.C13H18N2O2.C12H14N2O4.C10H12N2O5.C10H14N2O3.2C6H10.C2H2Cl2O.2CH3.2Pd/c1-13(2,3)8-5-9-12(10(6-8)15(17)18)19-7-11(16)14(9)4;1-13(2,3)8-5-9(14)12-10(6-8)15(4)11(16)7-17-12;1-12(2,3)7-4-8-11(9(5-7)14(16)17)18-6-10(15)13-8;1-10(2,3)6-4-7(11(14)15)9(13)8(5-6)12(16)17;1-10(2,3)6-4-7(11)9(13)8(5-6)12(14)15;2*1-2-4-6-5-3-1;3-1-2(4)5;;;;/h5-6H,7H2,1-4H3;5-6H,7,14H2,1-4H3;4-5H,6H2,1-3H3,(H,13,15);4-5,13H,1-3H3;4-5,13H,11H2,1-3H3;2*1-2H,3-6H2;1H2;2*1H3;;/q;;;;;;;;2*-1;;. The van der Waals surface area contributed by atoms with Crippen molar-refractivity contribution in [3.8, 4) is 28.7 Å². The van der Waals surface area contributed by atoms with Crippen LogP contribution >= 0.6 is 23.2 Å². The molecule has 598 valence electrons. The Labute approximate surface area is 663 Å². The number of nitrogens with two attached hydrogens (primary N) is 2. The van der Waals surface area contributed by atoms with Crippen LogP contribution in [0.15, 0.2) is 85.0 Å². The van der Waals surface area contributed by atoms with Gasteiger partial charge < -0.3 is 65.9 Å². The summed E-state index contributed by atoms with van der Waals surface area (Å²) in [5.41, 5.74) is 14.4. The molecular weight excluding hydrogens is 1620 g/mol. The van der Waals surface area contributed by atoms with Crippen molar-refractivity contribution >= 4 is 103 Å². The summed E-state index contributed by atoms with van der Waals surface area (Å²) in [4.78, 5) is 97.9. The number of nitrogens with zero attached hydrogens (tertiary/aromatic N) is 7. The largest absolute Gasteiger partial charge is 0.501 e. The number of rotatable bonds is 6. The van der Waals surface area contributed by atoms with Crippen molar-refractivity contribution < 1.29 is 109 Å². The van der Waals surface area contributed by atoms with Crippen LogP contribution in [-0.4, -0.2) is 97.6 Å². The molecule has 7 N–H and O–H groups in total. The van der Waals surface area contributed by atoms with Gasteiger partial charge in [-0.05, 0) is 148 Å². The average Bonchev–Trinajstić information content (AvgIpc) is 0.785. The average molecular weight is 1720 g/mol. The first kappa shape index (κ1) is 100. The molecule has 0 fully saturated rings. The Hall–Kier alpha value is -8.84. The number of ether oxygens (including phenoxy) is 3. The smallest absolute Gasteiger partial charge is 0.318 e. The summed E-state index contributed by atoms with van der Waals surface area (Å²) >= 11 is 9.55. The molecule has 0 unspecified atom stereocenters. The van der Waals surface area contributed by atoms with Crippen molar-refractivity contribution in [2.45, 2.75) is 182 Å². The second kappa shape index (κ2) is 43.2. The summed E-state index contributed by atoms with van der Waals surface area (Å²) in [5, 5.41) is 75.2. The van der Waals surface area contributed by atoms with E-state index in [1.54, 1.807) is 58.0 Å². The van der Waals surface area contributed by atoms with Gasteiger partial charge in [-0.15, -0.1) is 11.6 Å². The number of hydrogen-bond donors (Lipinski definition) is 5. The van der Waals surface area contributed by atoms with E-state index in [-0.39, 0.29) is 155 Å². The summed E-state index contributed by atoms with van der Waals surface area (Å²) in [7, 11) is 3.34. The minimum Gasteiger partial charge on any atom is -0.501 e. The maximum Gasteiger partial charge on any atom is 0.318 e. The van der Waals surface area contributed by atoms with Crippen LogP contribution in [0.5, 0.6) is 28.7 Å². The Morgan fingerprint density at radius 3 is 1.06 bits per heavy atom. The molecule has 0 spiro atoms. The van der Waals surface area contributed by atoms with Gasteiger partial charge in [-0.2, -0.15) is 0 Å². The van der Waals surface area contributed by atoms with Gasteiger partial charge in [0.15, 0.2) is 25.6 Å².